The molecule has 2 amide bonds. The molecular weight excluding hydrogens is 334 g/mol. The Morgan fingerprint density at radius 2 is 2.04 bits per heavy atom. The number of rotatable bonds is 8. The van der Waals surface area contributed by atoms with Gasteiger partial charge in [0.2, 0.25) is 0 Å². The van der Waals surface area contributed by atoms with Crippen LogP contribution in [0.2, 0.25) is 0 Å². The molecule has 1 aliphatic heterocycles. The Labute approximate surface area is 153 Å². The molecule has 0 saturated carbocycles. The van der Waals surface area contributed by atoms with Crippen LogP contribution in [0.4, 0.5) is 10.5 Å². The maximum absolute atomic E-state index is 12.0. The topological polar surface area (TPSA) is 76.0 Å². The molecule has 0 unspecified atom stereocenters. The van der Waals surface area contributed by atoms with Gasteiger partial charge in [-0.3, -0.25) is 4.90 Å². The molecule has 2 N–H and O–H groups in total. The van der Waals surface area contributed by atoms with E-state index in [9.17, 15) is 4.79 Å². The summed E-state index contributed by atoms with van der Waals surface area (Å²) in [5, 5.41) is 5.74. The van der Waals surface area contributed by atoms with Gasteiger partial charge in [-0.05, 0) is 29.8 Å². The van der Waals surface area contributed by atoms with E-state index < -0.39 is 0 Å². The summed E-state index contributed by atoms with van der Waals surface area (Å²) in [4.78, 5) is 14.3. The quantitative estimate of drug-likeness (QED) is 0.757. The van der Waals surface area contributed by atoms with Crippen molar-refractivity contribution in [2.24, 2.45) is 0 Å². The number of ether oxygens (including phenoxy) is 2. The number of hydrogen-bond acceptors (Lipinski definition) is 5. The number of hydrogen-bond donors (Lipinski definition) is 2. The van der Waals surface area contributed by atoms with Crippen LogP contribution >= 0.6 is 0 Å². The molecule has 1 aromatic heterocycles. The molecule has 0 bridgehead atoms. The van der Waals surface area contributed by atoms with Crippen molar-refractivity contribution in [2.75, 3.05) is 44.7 Å². The molecule has 0 spiro atoms. The van der Waals surface area contributed by atoms with Crippen LogP contribution in [0.1, 0.15) is 11.3 Å². The normalized spacial score (nSPS) is 14.9. The van der Waals surface area contributed by atoms with Gasteiger partial charge in [-0.25, -0.2) is 4.79 Å². The van der Waals surface area contributed by atoms with E-state index in [0.29, 0.717) is 19.8 Å². The van der Waals surface area contributed by atoms with Gasteiger partial charge in [0.25, 0.3) is 0 Å². The summed E-state index contributed by atoms with van der Waals surface area (Å²) in [7, 11) is 0. The van der Waals surface area contributed by atoms with Gasteiger partial charge in [-0.15, -0.1) is 0 Å². The molecule has 1 aliphatic rings. The van der Waals surface area contributed by atoms with Crippen molar-refractivity contribution < 1.29 is 18.7 Å². The predicted octanol–water partition coefficient (Wildman–Crippen LogP) is 2.45. The highest BCUT2D eigenvalue weighted by Crippen LogP contribution is 2.12. The smallest absolute Gasteiger partial charge is 0.319 e. The van der Waals surface area contributed by atoms with Gasteiger partial charge in [-0.1, -0.05) is 12.1 Å². The van der Waals surface area contributed by atoms with Crippen LogP contribution in [-0.2, 0) is 22.7 Å². The molecule has 26 heavy (non-hydrogen) atoms. The third-order valence-electron chi connectivity index (χ3n) is 4.10. The number of anilines is 1. The highest BCUT2D eigenvalue weighted by Gasteiger charge is 2.10. The second-order valence-electron chi connectivity index (χ2n) is 6.11. The lowest BCUT2D eigenvalue weighted by Gasteiger charge is -2.26. The van der Waals surface area contributed by atoms with Crippen molar-refractivity contribution in [1.82, 2.24) is 10.2 Å². The minimum Gasteiger partial charge on any atom is -0.467 e. The Morgan fingerprint density at radius 1 is 1.15 bits per heavy atom. The van der Waals surface area contributed by atoms with Gasteiger partial charge in [0, 0.05) is 31.9 Å². The summed E-state index contributed by atoms with van der Waals surface area (Å²) >= 11 is 0. The number of carbonyl (C=O) groups is 1. The first-order valence-electron chi connectivity index (χ1n) is 8.83. The van der Waals surface area contributed by atoms with Crippen LogP contribution in [0, 0.1) is 0 Å². The zero-order chi connectivity index (χ0) is 18.0. The fraction of sp³-hybridized carbons (Fsp3) is 0.421. The summed E-state index contributed by atoms with van der Waals surface area (Å²) in [6.45, 7) is 5.69. The van der Waals surface area contributed by atoms with Crippen molar-refractivity contribution in [3.8, 4) is 0 Å². The van der Waals surface area contributed by atoms with Crippen molar-refractivity contribution in [2.45, 2.75) is 13.2 Å². The van der Waals surface area contributed by atoms with E-state index in [1.807, 2.05) is 36.4 Å². The summed E-state index contributed by atoms with van der Waals surface area (Å²) in [5.41, 5.74) is 1.73. The van der Waals surface area contributed by atoms with E-state index in [1.165, 1.54) is 0 Å². The number of morpholine rings is 1. The van der Waals surface area contributed by atoms with E-state index in [4.69, 9.17) is 13.9 Å². The van der Waals surface area contributed by atoms with Crippen LogP contribution in [0.25, 0.3) is 0 Å². The molecule has 140 valence electrons. The van der Waals surface area contributed by atoms with Gasteiger partial charge in [-0.2, -0.15) is 0 Å². The first-order chi connectivity index (χ1) is 12.8. The minimum atomic E-state index is -0.202. The first-order valence-corrected chi connectivity index (χ1v) is 8.83. The molecule has 7 heteroatoms. The van der Waals surface area contributed by atoms with Crippen molar-refractivity contribution >= 4 is 11.7 Å². The molecule has 0 atom stereocenters. The molecule has 2 heterocycles. The average Bonchev–Trinajstić information content (AvgIpc) is 3.16. The number of carbonyl (C=O) groups excluding carboxylic acids is 1. The molecule has 0 radical (unpaired) electrons. The fourth-order valence-corrected chi connectivity index (χ4v) is 2.73. The van der Waals surface area contributed by atoms with Crippen LogP contribution in [-0.4, -0.2) is 50.3 Å². The lowest BCUT2D eigenvalue weighted by Crippen LogP contribution is -2.42. The maximum Gasteiger partial charge on any atom is 0.319 e. The van der Waals surface area contributed by atoms with Crippen LogP contribution in [0.3, 0.4) is 0 Å². The van der Waals surface area contributed by atoms with E-state index in [0.717, 1.165) is 49.9 Å². The Balaban J connectivity index is 1.37. The molecular formula is C19H25N3O4. The van der Waals surface area contributed by atoms with E-state index in [2.05, 4.69) is 15.5 Å². The van der Waals surface area contributed by atoms with Crippen molar-refractivity contribution in [1.29, 1.82) is 0 Å². The Kier molecular flexibility index (Phi) is 7.06. The van der Waals surface area contributed by atoms with E-state index >= 15 is 0 Å². The number of nitrogens with zero attached hydrogens (tertiary/aromatic N) is 1. The summed E-state index contributed by atoms with van der Waals surface area (Å²) < 4.78 is 16.2. The standard InChI is InChI=1S/C19H25N3O4/c23-19(20-6-7-22-8-11-24-12-9-22)21-17-4-1-3-16(13-17)14-25-15-18-5-2-10-26-18/h1-5,10,13H,6-9,11-12,14-15H2,(H2,20,21,23). The zero-order valence-electron chi connectivity index (χ0n) is 14.8. The van der Waals surface area contributed by atoms with Gasteiger partial charge in [0.15, 0.2) is 0 Å². The largest absolute Gasteiger partial charge is 0.467 e. The lowest BCUT2D eigenvalue weighted by molar-refractivity contribution is 0.0388. The monoisotopic (exact) mass is 359 g/mol. The number of nitrogens with one attached hydrogen (secondary N) is 2. The SMILES string of the molecule is O=C(NCCN1CCOCC1)Nc1cccc(COCc2ccco2)c1. The lowest BCUT2D eigenvalue weighted by atomic mass is 10.2. The van der Waals surface area contributed by atoms with E-state index in [-0.39, 0.29) is 6.03 Å². The van der Waals surface area contributed by atoms with E-state index in [1.54, 1.807) is 6.26 Å². The van der Waals surface area contributed by atoms with Gasteiger partial charge >= 0.3 is 6.03 Å². The maximum atomic E-state index is 12.0. The minimum absolute atomic E-state index is 0.202. The first kappa shape index (κ1) is 18.4. The third-order valence-corrected chi connectivity index (χ3v) is 4.10. The summed E-state index contributed by atoms with van der Waals surface area (Å²) in [6, 6.07) is 11.1. The van der Waals surface area contributed by atoms with Crippen LogP contribution in [0.15, 0.2) is 47.1 Å². The Hall–Kier alpha value is -2.35. The molecule has 0 aliphatic carbocycles. The molecule has 2 aromatic rings. The van der Waals surface area contributed by atoms with Gasteiger partial charge < -0.3 is 24.5 Å². The van der Waals surface area contributed by atoms with Crippen molar-refractivity contribution in [3.05, 3.63) is 54.0 Å². The zero-order valence-corrected chi connectivity index (χ0v) is 14.8. The summed E-state index contributed by atoms with van der Waals surface area (Å²) in [5.74, 6) is 0.791. The molecule has 1 aromatic carbocycles. The number of furan rings is 1. The number of benzene rings is 1. The number of amides is 2. The molecule has 1 saturated heterocycles. The Morgan fingerprint density at radius 3 is 2.85 bits per heavy atom. The molecule has 1 fully saturated rings. The highest BCUT2D eigenvalue weighted by molar-refractivity contribution is 5.89. The Bertz CT molecular complexity index is 669. The third kappa shape index (κ3) is 6.18. The van der Waals surface area contributed by atoms with Gasteiger partial charge in [0.1, 0.15) is 12.4 Å². The summed E-state index contributed by atoms with van der Waals surface area (Å²) in [6.07, 6.45) is 1.63. The van der Waals surface area contributed by atoms with Crippen LogP contribution < -0.4 is 10.6 Å². The highest BCUT2D eigenvalue weighted by atomic mass is 16.5. The molecule has 7 nitrogen and oxygen atoms in total. The van der Waals surface area contributed by atoms with Crippen molar-refractivity contribution in [3.63, 3.8) is 0 Å². The van der Waals surface area contributed by atoms with Crippen LogP contribution in [0.5, 0.6) is 0 Å². The fourth-order valence-electron chi connectivity index (χ4n) is 2.73. The average molecular weight is 359 g/mol. The second-order valence-corrected chi connectivity index (χ2v) is 6.11. The predicted molar refractivity (Wildman–Crippen MR) is 97.9 cm³/mol. The second kappa shape index (κ2) is 9.96. The number of urea groups is 1. The molecule has 3 rings (SSSR count). The van der Waals surface area contributed by atoms with Gasteiger partial charge in [0.05, 0.1) is 26.1 Å².